The Hall–Kier alpha value is -5.23. The first-order valence-electron chi connectivity index (χ1n) is 12.4. The third-order valence-electron chi connectivity index (χ3n) is 6.26. The number of anilines is 1. The Kier molecular flexibility index (Phi) is 7.87. The molecule has 0 saturated heterocycles. The van der Waals surface area contributed by atoms with Gasteiger partial charge in [-0.05, 0) is 72.3 Å². The van der Waals surface area contributed by atoms with Crippen LogP contribution in [0.1, 0.15) is 32.0 Å². The van der Waals surface area contributed by atoms with E-state index in [0.717, 1.165) is 12.1 Å². The van der Waals surface area contributed by atoms with Crippen LogP contribution in [0.3, 0.4) is 0 Å². The number of aromatic carboxylic acids is 1. The molecule has 0 saturated carbocycles. The third-order valence-corrected chi connectivity index (χ3v) is 6.59. The Morgan fingerprint density at radius 1 is 1.02 bits per heavy atom. The molecule has 43 heavy (non-hydrogen) atoms. The lowest BCUT2D eigenvalue weighted by molar-refractivity contribution is -0.114. The average molecular weight is 612 g/mol. The predicted molar refractivity (Wildman–Crippen MR) is 149 cm³/mol. The number of hydrogen-bond donors (Lipinski definition) is 2. The predicted octanol–water partition coefficient (Wildman–Crippen LogP) is 6.72. The molecular formula is C30H18ClF4N3O5. The summed E-state index contributed by atoms with van der Waals surface area (Å²) in [6.45, 7) is 0.104. The van der Waals surface area contributed by atoms with Gasteiger partial charge in [-0.25, -0.2) is 9.18 Å². The van der Waals surface area contributed by atoms with Crippen LogP contribution >= 0.6 is 11.6 Å². The number of halogens is 5. The molecule has 1 aromatic heterocycles. The molecular weight excluding hydrogens is 594 g/mol. The van der Waals surface area contributed by atoms with Crippen molar-refractivity contribution in [3.8, 4) is 11.3 Å². The first-order valence-corrected chi connectivity index (χ1v) is 12.8. The van der Waals surface area contributed by atoms with Crippen LogP contribution in [0.2, 0.25) is 5.02 Å². The molecule has 0 bridgehead atoms. The number of rotatable bonds is 7. The molecule has 2 amide bonds. The molecule has 0 atom stereocenters. The number of benzene rings is 3. The largest absolute Gasteiger partial charge is 0.478 e. The normalized spacial score (nSPS) is 14.3. The summed E-state index contributed by atoms with van der Waals surface area (Å²) in [5.74, 6) is -3.37. The maximum atomic E-state index is 13.9. The standard InChI is InChI=1S/C30H18ClF4N3O5/c31-24-10-6-17(13-22(24)27(39)36-15-16-4-7-19(32)8-5-16)25-11-9-21(43-25)14-23-26(30(33,34)35)37-38(28(23)40)20-3-1-2-18(12-20)29(41)42/h1-14H,15H2,(H,36,39)(H,41,42)/b23-14+. The molecule has 1 aliphatic heterocycles. The van der Waals surface area contributed by atoms with Crippen LogP contribution in [-0.2, 0) is 11.3 Å². The van der Waals surface area contributed by atoms with E-state index in [0.29, 0.717) is 16.1 Å². The van der Waals surface area contributed by atoms with Gasteiger partial charge in [0.2, 0.25) is 0 Å². The van der Waals surface area contributed by atoms with Crippen LogP contribution in [0.25, 0.3) is 17.4 Å². The minimum atomic E-state index is -5.01. The second-order valence-electron chi connectivity index (χ2n) is 9.18. The number of hydrogen-bond acceptors (Lipinski definition) is 5. The number of carboxylic acid groups (broad SMARTS) is 1. The van der Waals surface area contributed by atoms with E-state index in [9.17, 15) is 37.1 Å². The lowest BCUT2D eigenvalue weighted by Gasteiger charge is -2.11. The zero-order chi connectivity index (χ0) is 30.9. The maximum Gasteiger partial charge on any atom is 0.435 e. The van der Waals surface area contributed by atoms with Crippen LogP contribution < -0.4 is 10.3 Å². The number of alkyl halides is 3. The fourth-order valence-corrected chi connectivity index (χ4v) is 4.36. The zero-order valence-corrected chi connectivity index (χ0v) is 22.4. The van der Waals surface area contributed by atoms with Gasteiger partial charge >= 0.3 is 12.1 Å². The maximum absolute atomic E-state index is 13.9. The molecule has 3 aromatic carbocycles. The second-order valence-corrected chi connectivity index (χ2v) is 9.59. The average Bonchev–Trinajstić information content (AvgIpc) is 3.57. The van der Waals surface area contributed by atoms with E-state index >= 15 is 0 Å². The highest BCUT2D eigenvalue weighted by atomic mass is 35.5. The van der Waals surface area contributed by atoms with Gasteiger partial charge in [-0.3, -0.25) is 9.59 Å². The van der Waals surface area contributed by atoms with Gasteiger partial charge in [0.05, 0.1) is 27.4 Å². The molecule has 0 fully saturated rings. The topological polar surface area (TPSA) is 112 Å². The number of amides is 2. The van der Waals surface area contributed by atoms with Gasteiger partial charge in [-0.15, -0.1) is 0 Å². The van der Waals surface area contributed by atoms with Gasteiger partial charge in [0.1, 0.15) is 17.3 Å². The summed E-state index contributed by atoms with van der Waals surface area (Å²) in [5, 5.41) is 15.9. The molecule has 2 N–H and O–H groups in total. The summed E-state index contributed by atoms with van der Waals surface area (Å²) in [4.78, 5) is 37.1. The van der Waals surface area contributed by atoms with Crippen molar-refractivity contribution in [2.45, 2.75) is 12.7 Å². The molecule has 0 radical (unpaired) electrons. The summed E-state index contributed by atoms with van der Waals surface area (Å²) >= 11 is 6.22. The Morgan fingerprint density at radius 3 is 2.47 bits per heavy atom. The fraction of sp³-hybridized carbons (Fsp3) is 0.0667. The number of furan rings is 1. The van der Waals surface area contributed by atoms with Crippen molar-refractivity contribution in [3.63, 3.8) is 0 Å². The summed E-state index contributed by atoms with van der Waals surface area (Å²) in [6, 6.07) is 17.5. The van der Waals surface area contributed by atoms with Crippen molar-refractivity contribution in [3.05, 3.63) is 118 Å². The highest BCUT2D eigenvalue weighted by molar-refractivity contribution is 6.34. The number of carbonyl (C=O) groups is 3. The van der Waals surface area contributed by atoms with Gasteiger partial charge in [0.25, 0.3) is 11.8 Å². The lowest BCUT2D eigenvalue weighted by atomic mass is 10.1. The molecule has 8 nitrogen and oxygen atoms in total. The van der Waals surface area contributed by atoms with Crippen molar-refractivity contribution in [1.82, 2.24) is 5.32 Å². The minimum absolute atomic E-state index is 0.0919. The first-order chi connectivity index (χ1) is 20.4. The van der Waals surface area contributed by atoms with E-state index in [4.69, 9.17) is 16.0 Å². The highest BCUT2D eigenvalue weighted by Gasteiger charge is 2.47. The Morgan fingerprint density at radius 2 is 1.77 bits per heavy atom. The van der Waals surface area contributed by atoms with Crippen molar-refractivity contribution >= 4 is 46.9 Å². The summed E-state index contributed by atoms with van der Waals surface area (Å²) in [6.07, 6.45) is -4.13. The lowest BCUT2D eigenvalue weighted by Crippen LogP contribution is -2.25. The van der Waals surface area contributed by atoms with Crippen LogP contribution in [0.5, 0.6) is 0 Å². The van der Waals surface area contributed by atoms with Crippen LogP contribution in [0, 0.1) is 5.82 Å². The quantitative estimate of drug-likeness (QED) is 0.178. The highest BCUT2D eigenvalue weighted by Crippen LogP contribution is 2.34. The van der Waals surface area contributed by atoms with Gasteiger partial charge in [-0.1, -0.05) is 29.8 Å². The van der Waals surface area contributed by atoms with E-state index in [1.807, 2.05) is 0 Å². The molecule has 218 valence electrons. The monoisotopic (exact) mass is 611 g/mol. The number of hydrazone groups is 1. The fourth-order valence-electron chi connectivity index (χ4n) is 4.16. The number of carbonyl (C=O) groups excluding carboxylic acids is 2. The van der Waals surface area contributed by atoms with E-state index in [-0.39, 0.29) is 39.9 Å². The molecule has 1 aliphatic rings. The molecule has 4 aromatic rings. The van der Waals surface area contributed by atoms with Gasteiger partial charge < -0.3 is 14.8 Å². The van der Waals surface area contributed by atoms with E-state index < -0.39 is 41.1 Å². The second kappa shape index (κ2) is 11.6. The molecule has 5 rings (SSSR count). The van der Waals surface area contributed by atoms with Gasteiger partial charge in [0.15, 0.2) is 5.71 Å². The van der Waals surface area contributed by atoms with Gasteiger partial charge in [0, 0.05) is 12.1 Å². The zero-order valence-electron chi connectivity index (χ0n) is 21.7. The van der Waals surface area contributed by atoms with Crippen LogP contribution in [0.15, 0.2) is 94.0 Å². The summed E-state index contributed by atoms with van der Waals surface area (Å²) in [7, 11) is 0. The van der Waals surface area contributed by atoms with E-state index in [1.54, 1.807) is 0 Å². The van der Waals surface area contributed by atoms with Crippen LogP contribution in [0.4, 0.5) is 23.2 Å². The molecule has 0 unspecified atom stereocenters. The summed E-state index contributed by atoms with van der Waals surface area (Å²) < 4.78 is 60.4. The van der Waals surface area contributed by atoms with E-state index in [1.165, 1.54) is 72.8 Å². The third kappa shape index (κ3) is 6.33. The number of nitrogens with one attached hydrogen (secondary N) is 1. The Balaban J connectivity index is 1.40. The smallest absolute Gasteiger partial charge is 0.435 e. The molecule has 2 heterocycles. The number of carboxylic acids is 1. The number of nitrogens with zero attached hydrogens (tertiary/aromatic N) is 2. The molecule has 0 spiro atoms. The molecule has 0 aliphatic carbocycles. The van der Waals surface area contributed by atoms with Crippen LogP contribution in [-0.4, -0.2) is 34.8 Å². The molecule has 13 heteroatoms. The van der Waals surface area contributed by atoms with Crippen molar-refractivity contribution in [1.29, 1.82) is 0 Å². The SMILES string of the molecule is O=C(O)c1cccc(N2N=C(C(F)(F)F)/C(=C\c3ccc(-c4ccc(Cl)c(C(=O)NCc5ccc(F)cc5)c4)o3)C2=O)c1. The van der Waals surface area contributed by atoms with Crippen molar-refractivity contribution in [2.75, 3.05) is 5.01 Å². The van der Waals surface area contributed by atoms with Gasteiger partial charge in [-0.2, -0.15) is 23.3 Å². The van der Waals surface area contributed by atoms with E-state index in [2.05, 4.69) is 10.4 Å². The Bertz CT molecular complexity index is 1810. The Labute approximate surface area is 245 Å². The first kappa shape index (κ1) is 29.3. The minimum Gasteiger partial charge on any atom is -0.478 e. The van der Waals surface area contributed by atoms with Crippen molar-refractivity contribution < 1.29 is 41.5 Å². The summed E-state index contributed by atoms with van der Waals surface area (Å²) in [5.41, 5.74) is -1.59. The van der Waals surface area contributed by atoms with Crippen molar-refractivity contribution in [2.24, 2.45) is 5.10 Å².